The van der Waals surface area contributed by atoms with Gasteiger partial charge in [-0.25, -0.2) is 13.4 Å². The van der Waals surface area contributed by atoms with Gasteiger partial charge in [-0.3, -0.25) is 9.69 Å². The maximum Gasteiger partial charge on any atom is 0.262 e. The van der Waals surface area contributed by atoms with Crippen molar-refractivity contribution in [3.8, 4) is 0 Å². The number of amides is 1. The molecule has 3 heterocycles. The Morgan fingerprint density at radius 3 is 2.59 bits per heavy atom. The number of hydrogen-bond acceptors (Lipinski definition) is 6. The summed E-state index contributed by atoms with van der Waals surface area (Å²) in [6, 6.07) is 13.0. The topological polar surface area (TPSA) is 87.5 Å². The second-order valence-corrected chi connectivity index (χ2v) is 11.8. The van der Waals surface area contributed by atoms with E-state index in [0.29, 0.717) is 26.1 Å². The zero-order valence-corrected chi connectivity index (χ0v) is 21.2. The predicted octanol–water partition coefficient (Wildman–Crippen LogP) is 2.93. The first kappa shape index (κ1) is 24.6. The molecule has 1 N–H and O–H groups in total. The lowest BCUT2D eigenvalue weighted by atomic mass is 10.0. The average molecular weight is 502 g/mol. The van der Waals surface area contributed by atoms with Crippen molar-refractivity contribution < 1.29 is 13.2 Å². The quantitative estimate of drug-likeness (QED) is 0.581. The van der Waals surface area contributed by atoms with Gasteiger partial charge in [0.1, 0.15) is 0 Å². The van der Waals surface area contributed by atoms with E-state index in [-0.39, 0.29) is 17.4 Å². The molecule has 8 nitrogen and oxygen atoms in total. The van der Waals surface area contributed by atoms with Crippen LogP contribution in [0, 0.1) is 6.92 Å². The number of nitrogens with one attached hydrogen (secondary N) is 1. The smallest absolute Gasteiger partial charge is 0.262 e. The number of sulfonamides is 1. The Morgan fingerprint density at radius 2 is 1.91 bits per heavy atom. The molecular weight excluding hydrogens is 470 g/mol. The number of carbonyl (C=O) groups is 1. The Balaban J connectivity index is 1.64. The fourth-order valence-corrected chi connectivity index (χ4v) is 6.81. The van der Waals surface area contributed by atoms with Gasteiger partial charge in [0.15, 0.2) is 5.03 Å². The number of thiophene rings is 1. The fraction of sp³-hybridized carbons (Fsp3) is 0.417. The van der Waals surface area contributed by atoms with Crippen LogP contribution >= 0.6 is 11.3 Å². The molecule has 1 saturated heterocycles. The van der Waals surface area contributed by atoms with E-state index in [1.54, 1.807) is 23.0 Å². The number of carbonyl (C=O) groups excluding carboxylic acids is 1. The SMILES string of the molecule is Cc1ccc(CN2CCCN(S(=O)(=O)c3cn(C)cn3)C(c3ccccc3)CC(=O)NCC2)s1. The molecule has 0 aliphatic carbocycles. The summed E-state index contributed by atoms with van der Waals surface area (Å²) in [5.41, 5.74) is 0.794. The van der Waals surface area contributed by atoms with E-state index in [0.717, 1.165) is 18.7 Å². The van der Waals surface area contributed by atoms with Gasteiger partial charge in [-0.2, -0.15) is 4.31 Å². The average Bonchev–Trinajstić information content (AvgIpc) is 3.43. The van der Waals surface area contributed by atoms with E-state index in [9.17, 15) is 13.2 Å². The number of benzene rings is 1. The Labute approximate surface area is 205 Å². The highest BCUT2D eigenvalue weighted by Gasteiger charge is 2.35. The summed E-state index contributed by atoms with van der Waals surface area (Å²) in [6.07, 6.45) is 3.69. The Morgan fingerprint density at radius 1 is 1.12 bits per heavy atom. The number of aromatic nitrogens is 2. The molecule has 1 atom stereocenters. The summed E-state index contributed by atoms with van der Waals surface area (Å²) >= 11 is 1.76. The van der Waals surface area contributed by atoms with Crippen LogP contribution in [0.2, 0.25) is 0 Å². The number of imidazole rings is 1. The lowest BCUT2D eigenvalue weighted by molar-refractivity contribution is -0.122. The molecule has 10 heteroatoms. The van der Waals surface area contributed by atoms with Crippen LogP contribution < -0.4 is 5.32 Å². The van der Waals surface area contributed by atoms with E-state index in [1.807, 2.05) is 30.3 Å². The van der Waals surface area contributed by atoms with Crippen molar-refractivity contribution in [2.45, 2.75) is 37.4 Å². The highest BCUT2D eigenvalue weighted by molar-refractivity contribution is 7.89. The minimum absolute atomic E-state index is 0.00266. The summed E-state index contributed by atoms with van der Waals surface area (Å²) in [5, 5.41) is 3.00. The zero-order chi connectivity index (χ0) is 24.1. The third-order valence-corrected chi connectivity index (χ3v) is 8.72. The summed E-state index contributed by atoms with van der Waals surface area (Å²) in [6.45, 7) is 5.13. The third-order valence-electron chi connectivity index (χ3n) is 5.94. The monoisotopic (exact) mass is 501 g/mol. The van der Waals surface area contributed by atoms with Crippen molar-refractivity contribution in [1.82, 2.24) is 24.1 Å². The van der Waals surface area contributed by atoms with Gasteiger partial charge in [0, 0.05) is 55.6 Å². The molecular formula is C24H31N5O3S2. The highest BCUT2D eigenvalue weighted by Crippen LogP contribution is 2.30. The molecule has 0 saturated carbocycles. The van der Waals surface area contributed by atoms with E-state index < -0.39 is 16.1 Å². The lowest BCUT2D eigenvalue weighted by Crippen LogP contribution is -2.39. The van der Waals surface area contributed by atoms with Crippen molar-refractivity contribution in [2.24, 2.45) is 7.05 Å². The van der Waals surface area contributed by atoms with E-state index in [2.05, 4.69) is 34.3 Å². The van der Waals surface area contributed by atoms with E-state index in [1.165, 1.54) is 26.6 Å². The maximum absolute atomic E-state index is 13.7. The molecule has 0 radical (unpaired) electrons. The van der Waals surface area contributed by atoms with Crippen LogP contribution in [0.1, 0.15) is 34.2 Å². The lowest BCUT2D eigenvalue weighted by Gasteiger charge is -2.30. The molecule has 182 valence electrons. The van der Waals surface area contributed by atoms with Crippen molar-refractivity contribution >= 4 is 27.3 Å². The van der Waals surface area contributed by atoms with Gasteiger partial charge in [-0.15, -0.1) is 11.3 Å². The zero-order valence-electron chi connectivity index (χ0n) is 19.6. The molecule has 2 aromatic heterocycles. The standard InChI is InChI=1S/C24H31N5O3S2/c1-19-9-10-21(33-19)16-28-12-6-13-29(34(31,32)24-17-27(2)18-26-24)22(15-23(30)25-11-14-28)20-7-4-3-5-8-20/h3-5,7-10,17-18,22H,6,11-16H2,1-2H3,(H,25,30). The third kappa shape index (κ3) is 5.93. The van der Waals surface area contributed by atoms with Gasteiger partial charge < -0.3 is 9.88 Å². The number of nitrogens with zero attached hydrogens (tertiary/aromatic N) is 4. The molecule has 1 aliphatic heterocycles. The van der Waals surface area contributed by atoms with Crippen molar-refractivity contribution in [1.29, 1.82) is 0 Å². The molecule has 3 aromatic rings. The van der Waals surface area contributed by atoms with Gasteiger partial charge in [0.05, 0.1) is 12.4 Å². The Bertz CT molecular complexity index is 1210. The number of aryl methyl sites for hydroxylation is 2. The van der Waals surface area contributed by atoms with Gasteiger partial charge in [0.2, 0.25) is 5.91 Å². The fourth-order valence-electron chi connectivity index (χ4n) is 4.26. The highest BCUT2D eigenvalue weighted by atomic mass is 32.2. The maximum atomic E-state index is 13.7. The van der Waals surface area contributed by atoms with Crippen LogP contribution in [-0.4, -0.2) is 59.3 Å². The summed E-state index contributed by atoms with van der Waals surface area (Å²) in [4.78, 5) is 21.8. The van der Waals surface area contributed by atoms with E-state index in [4.69, 9.17) is 0 Å². The normalized spacial score (nSPS) is 19.5. The van der Waals surface area contributed by atoms with Crippen LogP contribution in [0.5, 0.6) is 0 Å². The number of rotatable bonds is 5. The van der Waals surface area contributed by atoms with Crippen LogP contribution in [-0.2, 0) is 28.4 Å². The predicted molar refractivity (Wildman–Crippen MR) is 133 cm³/mol. The largest absolute Gasteiger partial charge is 0.355 e. The Hall–Kier alpha value is -2.53. The van der Waals surface area contributed by atoms with Crippen LogP contribution in [0.15, 0.2) is 60.0 Å². The Kier molecular flexibility index (Phi) is 7.82. The molecule has 1 unspecified atom stereocenters. The van der Waals surface area contributed by atoms with Crippen LogP contribution in [0.4, 0.5) is 0 Å². The summed E-state index contributed by atoms with van der Waals surface area (Å²) in [7, 11) is -2.17. The minimum atomic E-state index is -3.91. The summed E-state index contributed by atoms with van der Waals surface area (Å²) < 4.78 is 30.5. The van der Waals surface area contributed by atoms with E-state index >= 15 is 0 Å². The first-order chi connectivity index (χ1) is 16.3. The van der Waals surface area contributed by atoms with Gasteiger partial charge in [0.25, 0.3) is 10.0 Å². The molecule has 4 rings (SSSR count). The van der Waals surface area contributed by atoms with Crippen LogP contribution in [0.25, 0.3) is 0 Å². The first-order valence-corrected chi connectivity index (χ1v) is 13.7. The molecule has 0 spiro atoms. The minimum Gasteiger partial charge on any atom is -0.355 e. The molecule has 1 aromatic carbocycles. The second kappa shape index (κ2) is 10.8. The van der Waals surface area contributed by atoms with Gasteiger partial charge in [-0.05, 0) is 37.6 Å². The van der Waals surface area contributed by atoms with Gasteiger partial charge >= 0.3 is 0 Å². The molecule has 1 aliphatic rings. The van der Waals surface area contributed by atoms with Crippen molar-refractivity contribution in [3.05, 3.63) is 70.3 Å². The van der Waals surface area contributed by atoms with Crippen molar-refractivity contribution in [2.75, 3.05) is 26.2 Å². The number of hydrogen-bond donors (Lipinski definition) is 1. The summed E-state index contributed by atoms with van der Waals surface area (Å²) in [5.74, 6) is -0.163. The molecule has 34 heavy (non-hydrogen) atoms. The molecule has 1 fully saturated rings. The van der Waals surface area contributed by atoms with Crippen molar-refractivity contribution in [3.63, 3.8) is 0 Å². The molecule has 1 amide bonds. The van der Waals surface area contributed by atoms with Crippen LogP contribution in [0.3, 0.4) is 0 Å². The van der Waals surface area contributed by atoms with Gasteiger partial charge in [-0.1, -0.05) is 30.3 Å². The first-order valence-electron chi connectivity index (χ1n) is 11.4. The second-order valence-electron chi connectivity index (χ2n) is 8.62. The molecule has 0 bridgehead atoms.